The Morgan fingerprint density at radius 1 is 1.29 bits per heavy atom. The van der Waals surface area contributed by atoms with E-state index in [9.17, 15) is 14.7 Å². The molecule has 0 spiro atoms. The van der Waals surface area contributed by atoms with E-state index in [1.54, 1.807) is 4.90 Å². The number of carboxylic acids is 1. The number of nitrogens with zero attached hydrogens (tertiary/aromatic N) is 1. The van der Waals surface area contributed by atoms with Crippen molar-refractivity contribution < 1.29 is 24.5 Å². The second kappa shape index (κ2) is 6.01. The fourth-order valence-electron chi connectivity index (χ4n) is 2.31. The van der Waals surface area contributed by atoms with Crippen LogP contribution in [0.5, 0.6) is 5.75 Å². The number of benzene rings is 1. The van der Waals surface area contributed by atoms with Gasteiger partial charge < -0.3 is 25.2 Å². The number of nitrogens with one attached hydrogen (secondary N) is 1. The lowest BCUT2D eigenvalue weighted by atomic mass is 10.2. The van der Waals surface area contributed by atoms with E-state index in [0.29, 0.717) is 13.1 Å². The highest BCUT2D eigenvalue weighted by Gasteiger charge is 2.26. The van der Waals surface area contributed by atoms with Crippen LogP contribution in [0.4, 0.5) is 10.5 Å². The molecule has 1 saturated heterocycles. The number of morpholine rings is 1. The Hall–Kier alpha value is -2.28. The Bertz CT molecular complexity index is 550. The number of aromatic hydroxyl groups is 1. The summed E-state index contributed by atoms with van der Waals surface area (Å²) in [5.74, 6) is -1.42. The van der Waals surface area contributed by atoms with Crippen molar-refractivity contribution in [2.24, 2.45) is 0 Å². The number of aromatic carboxylic acids is 1. The molecule has 114 valence electrons. The van der Waals surface area contributed by atoms with Gasteiger partial charge in [-0.25, -0.2) is 9.59 Å². The van der Waals surface area contributed by atoms with E-state index in [1.165, 1.54) is 12.1 Å². The van der Waals surface area contributed by atoms with Gasteiger partial charge in [0.1, 0.15) is 5.75 Å². The van der Waals surface area contributed by atoms with E-state index in [2.05, 4.69) is 5.32 Å². The Kier molecular flexibility index (Phi) is 4.32. The van der Waals surface area contributed by atoms with Gasteiger partial charge in [-0.15, -0.1) is 0 Å². The highest BCUT2D eigenvalue weighted by atomic mass is 16.5. The van der Waals surface area contributed by atoms with Crippen LogP contribution in [0.1, 0.15) is 24.2 Å². The molecule has 1 fully saturated rings. The number of carbonyl (C=O) groups excluding carboxylic acids is 1. The topological polar surface area (TPSA) is 99.1 Å². The fraction of sp³-hybridized carbons (Fsp3) is 0.429. The van der Waals surface area contributed by atoms with Gasteiger partial charge in [0.25, 0.3) is 0 Å². The molecular formula is C14H18N2O5. The number of phenolic OH excluding ortho intramolecular Hbond substituents is 1. The highest BCUT2D eigenvalue weighted by molar-refractivity contribution is 5.93. The lowest BCUT2D eigenvalue weighted by Gasteiger charge is -2.35. The monoisotopic (exact) mass is 294 g/mol. The van der Waals surface area contributed by atoms with Crippen LogP contribution < -0.4 is 5.32 Å². The molecule has 2 rings (SSSR count). The number of carboxylic acid groups (broad SMARTS) is 1. The Morgan fingerprint density at radius 2 is 1.90 bits per heavy atom. The number of hydrogen-bond acceptors (Lipinski definition) is 4. The number of amides is 2. The molecule has 1 aliphatic heterocycles. The summed E-state index contributed by atoms with van der Waals surface area (Å²) < 4.78 is 5.55. The van der Waals surface area contributed by atoms with Crippen LogP contribution in [0.2, 0.25) is 0 Å². The van der Waals surface area contributed by atoms with Crippen molar-refractivity contribution >= 4 is 17.7 Å². The maximum Gasteiger partial charge on any atom is 0.335 e. The zero-order valence-electron chi connectivity index (χ0n) is 11.9. The quantitative estimate of drug-likeness (QED) is 0.721. The maximum absolute atomic E-state index is 12.2. The predicted octanol–water partition coefficient (Wildman–Crippen LogP) is 1.73. The van der Waals surface area contributed by atoms with Crippen LogP contribution in [-0.4, -0.2) is 52.4 Å². The molecule has 0 radical (unpaired) electrons. The van der Waals surface area contributed by atoms with Gasteiger partial charge in [0.05, 0.1) is 23.5 Å². The van der Waals surface area contributed by atoms with Gasteiger partial charge in [-0.2, -0.15) is 0 Å². The van der Waals surface area contributed by atoms with Gasteiger partial charge in [-0.1, -0.05) is 0 Å². The minimum Gasteiger partial charge on any atom is -0.506 e. The predicted molar refractivity (Wildman–Crippen MR) is 75.7 cm³/mol. The van der Waals surface area contributed by atoms with E-state index < -0.39 is 5.97 Å². The van der Waals surface area contributed by atoms with Gasteiger partial charge in [0, 0.05) is 13.1 Å². The third-order valence-electron chi connectivity index (χ3n) is 3.19. The first kappa shape index (κ1) is 15.1. The summed E-state index contributed by atoms with van der Waals surface area (Å²) in [5.41, 5.74) is 0.135. The zero-order valence-corrected chi connectivity index (χ0v) is 11.9. The SMILES string of the molecule is CC1CN(C(=O)Nc2ccc(C(=O)O)cc2O)CC(C)O1. The van der Waals surface area contributed by atoms with E-state index >= 15 is 0 Å². The van der Waals surface area contributed by atoms with E-state index in [0.717, 1.165) is 6.07 Å². The fourth-order valence-corrected chi connectivity index (χ4v) is 2.31. The van der Waals surface area contributed by atoms with Crippen LogP contribution in [0.15, 0.2) is 18.2 Å². The van der Waals surface area contributed by atoms with Crippen molar-refractivity contribution in [2.45, 2.75) is 26.1 Å². The Morgan fingerprint density at radius 3 is 2.43 bits per heavy atom. The normalized spacial score (nSPS) is 21.9. The number of ether oxygens (including phenoxy) is 1. The summed E-state index contributed by atoms with van der Waals surface area (Å²) in [4.78, 5) is 24.5. The summed E-state index contributed by atoms with van der Waals surface area (Å²) in [7, 11) is 0. The number of phenols is 1. The van der Waals surface area contributed by atoms with Gasteiger partial charge in [0.15, 0.2) is 0 Å². The van der Waals surface area contributed by atoms with Crippen LogP contribution in [0.3, 0.4) is 0 Å². The Balaban J connectivity index is 2.07. The third kappa shape index (κ3) is 3.63. The molecule has 7 nitrogen and oxygen atoms in total. The van der Waals surface area contributed by atoms with Crippen molar-refractivity contribution in [1.82, 2.24) is 4.90 Å². The summed E-state index contributed by atoms with van der Waals surface area (Å²) >= 11 is 0. The minimum absolute atomic E-state index is 0.0425. The van der Waals surface area contributed by atoms with Crippen molar-refractivity contribution in [2.75, 3.05) is 18.4 Å². The van der Waals surface area contributed by atoms with Crippen LogP contribution in [0.25, 0.3) is 0 Å². The summed E-state index contributed by atoms with van der Waals surface area (Å²) in [6, 6.07) is 3.43. The molecule has 1 aromatic carbocycles. The Labute approximate surface area is 122 Å². The van der Waals surface area contributed by atoms with Gasteiger partial charge in [0.2, 0.25) is 0 Å². The molecule has 0 aliphatic carbocycles. The van der Waals surface area contributed by atoms with E-state index in [-0.39, 0.29) is 35.2 Å². The zero-order chi connectivity index (χ0) is 15.6. The van der Waals surface area contributed by atoms with Gasteiger partial charge >= 0.3 is 12.0 Å². The molecule has 21 heavy (non-hydrogen) atoms. The first-order valence-electron chi connectivity index (χ1n) is 6.64. The molecule has 2 unspecified atom stereocenters. The number of anilines is 1. The number of rotatable bonds is 2. The molecule has 0 saturated carbocycles. The molecular weight excluding hydrogens is 276 g/mol. The molecule has 1 aliphatic rings. The number of urea groups is 1. The first-order chi connectivity index (χ1) is 9.86. The van der Waals surface area contributed by atoms with Crippen molar-refractivity contribution in [3.05, 3.63) is 23.8 Å². The lowest BCUT2D eigenvalue weighted by Crippen LogP contribution is -2.49. The molecule has 3 N–H and O–H groups in total. The summed E-state index contributed by atoms with van der Waals surface area (Å²) in [5, 5.41) is 21.2. The summed E-state index contributed by atoms with van der Waals surface area (Å²) in [6.07, 6.45) is -0.107. The van der Waals surface area contributed by atoms with Crippen molar-refractivity contribution in [3.8, 4) is 5.75 Å². The maximum atomic E-state index is 12.2. The largest absolute Gasteiger partial charge is 0.506 e. The second-order valence-electron chi connectivity index (χ2n) is 5.13. The standard InChI is InChI=1S/C14H18N2O5/c1-8-6-16(7-9(2)21-8)14(20)15-11-4-3-10(13(18)19)5-12(11)17/h3-5,8-9,17H,6-7H2,1-2H3,(H,15,20)(H,18,19). The number of carbonyl (C=O) groups is 2. The molecule has 7 heteroatoms. The molecule has 1 aromatic rings. The molecule has 0 aromatic heterocycles. The average molecular weight is 294 g/mol. The molecule has 0 bridgehead atoms. The molecule has 2 amide bonds. The van der Waals surface area contributed by atoms with Crippen LogP contribution >= 0.6 is 0 Å². The second-order valence-corrected chi connectivity index (χ2v) is 5.13. The summed E-state index contributed by atoms with van der Waals surface area (Å²) in [6.45, 7) is 4.69. The minimum atomic E-state index is -1.14. The highest BCUT2D eigenvalue weighted by Crippen LogP contribution is 2.25. The third-order valence-corrected chi connectivity index (χ3v) is 3.19. The first-order valence-corrected chi connectivity index (χ1v) is 6.64. The van der Waals surface area contributed by atoms with E-state index in [4.69, 9.17) is 9.84 Å². The van der Waals surface area contributed by atoms with Crippen LogP contribution in [0, 0.1) is 0 Å². The van der Waals surface area contributed by atoms with Crippen molar-refractivity contribution in [1.29, 1.82) is 0 Å². The van der Waals surface area contributed by atoms with Crippen molar-refractivity contribution in [3.63, 3.8) is 0 Å². The smallest absolute Gasteiger partial charge is 0.335 e. The number of hydrogen-bond donors (Lipinski definition) is 3. The molecule has 1 heterocycles. The van der Waals surface area contributed by atoms with E-state index in [1.807, 2.05) is 13.8 Å². The van der Waals surface area contributed by atoms with Gasteiger partial charge in [-0.3, -0.25) is 0 Å². The lowest BCUT2D eigenvalue weighted by molar-refractivity contribution is -0.0530. The van der Waals surface area contributed by atoms with Gasteiger partial charge in [-0.05, 0) is 32.0 Å². The average Bonchev–Trinajstić information content (AvgIpc) is 2.39. The van der Waals surface area contributed by atoms with Crippen LogP contribution in [-0.2, 0) is 4.74 Å². The molecule has 2 atom stereocenters.